The molecule has 0 aliphatic rings. The number of benzene rings is 1. The van der Waals surface area contributed by atoms with E-state index in [0.717, 1.165) is 11.4 Å². The maximum absolute atomic E-state index is 12.8. The van der Waals surface area contributed by atoms with Gasteiger partial charge in [-0.25, -0.2) is 0 Å². The number of carbonyl (C=O) groups excluding carboxylic acids is 1. The molecule has 142 valence electrons. The normalized spacial score (nSPS) is 12.3. The maximum atomic E-state index is 12.8. The Hall–Kier alpha value is -2.51. The number of tetrazole rings is 1. The topological polar surface area (TPSA) is 74.8 Å². The van der Waals surface area contributed by atoms with Crippen molar-refractivity contribution in [1.82, 2.24) is 24.8 Å². The third-order valence-corrected chi connectivity index (χ3v) is 4.82. The molecule has 3 rings (SSSR count). The number of aryl methyl sites for hydroxylation is 1. The third kappa shape index (κ3) is 3.94. The van der Waals surface area contributed by atoms with E-state index in [1.165, 1.54) is 4.80 Å². The molecule has 0 radical (unpaired) electrons. The first-order chi connectivity index (χ1) is 12.9. The smallest absolute Gasteiger partial charge is 0.206 e. The highest BCUT2D eigenvalue weighted by molar-refractivity contribution is 6.33. The van der Waals surface area contributed by atoms with Gasteiger partial charge in [0.25, 0.3) is 0 Å². The number of methoxy groups -OCH3 is 1. The average molecular weight is 388 g/mol. The van der Waals surface area contributed by atoms with Crippen molar-refractivity contribution in [2.45, 2.75) is 33.4 Å². The van der Waals surface area contributed by atoms with Crippen LogP contribution in [0.5, 0.6) is 0 Å². The number of hydrogen-bond acceptors (Lipinski definition) is 5. The summed E-state index contributed by atoms with van der Waals surface area (Å²) in [7, 11) is 1.67. The molecule has 27 heavy (non-hydrogen) atoms. The van der Waals surface area contributed by atoms with Crippen molar-refractivity contribution in [2.24, 2.45) is 0 Å². The minimum atomic E-state index is -0.0675. The molecule has 2 aromatic heterocycles. The Morgan fingerprint density at radius 3 is 2.74 bits per heavy atom. The summed E-state index contributed by atoms with van der Waals surface area (Å²) in [6.45, 7) is 6.58. The van der Waals surface area contributed by atoms with E-state index < -0.39 is 0 Å². The summed E-state index contributed by atoms with van der Waals surface area (Å²) in [4.78, 5) is 14.1. The SMILES string of the molecule is COC[C@@H](C)n1c(C)cc(C(=O)Cn2nnc(-c3ccccc3Cl)n2)c1C. The first-order valence-corrected chi connectivity index (χ1v) is 9.03. The minimum Gasteiger partial charge on any atom is -0.383 e. The number of hydrogen-bond donors (Lipinski definition) is 0. The fraction of sp³-hybridized carbons (Fsp3) is 0.368. The molecule has 0 spiro atoms. The lowest BCUT2D eigenvalue weighted by Gasteiger charge is -2.17. The number of ketones is 1. The van der Waals surface area contributed by atoms with Crippen molar-refractivity contribution >= 4 is 17.4 Å². The average Bonchev–Trinajstić information content (AvgIpc) is 3.19. The Kier molecular flexibility index (Phi) is 5.72. The predicted molar refractivity (Wildman–Crippen MR) is 103 cm³/mol. The first-order valence-electron chi connectivity index (χ1n) is 8.65. The second kappa shape index (κ2) is 8.02. The Labute approximate surface area is 162 Å². The van der Waals surface area contributed by atoms with E-state index in [2.05, 4.69) is 26.9 Å². The van der Waals surface area contributed by atoms with Gasteiger partial charge in [-0.15, -0.1) is 10.2 Å². The van der Waals surface area contributed by atoms with Crippen LogP contribution in [-0.2, 0) is 11.3 Å². The fourth-order valence-electron chi connectivity index (χ4n) is 3.33. The monoisotopic (exact) mass is 387 g/mol. The van der Waals surface area contributed by atoms with Gasteiger partial charge in [0.15, 0.2) is 5.78 Å². The molecular weight excluding hydrogens is 366 g/mol. The lowest BCUT2D eigenvalue weighted by Crippen LogP contribution is -2.16. The highest BCUT2D eigenvalue weighted by atomic mass is 35.5. The number of halogens is 1. The van der Waals surface area contributed by atoms with Gasteiger partial charge in [-0.05, 0) is 44.2 Å². The van der Waals surface area contributed by atoms with Crippen LogP contribution in [0.3, 0.4) is 0 Å². The summed E-state index contributed by atoms with van der Waals surface area (Å²) in [5, 5.41) is 12.8. The number of rotatable bonds is 7. The first kappa shape index (κ1) is 19.3. The van der Waals surface area contributed by atoms with Gasteiger partial charge in [0.2, 0.25) is 5.82 Å². The highest BCUT2D eigenvalue weighted by Crippen LogP contribution is 2.24. The van der Waals surface area contributed by atoms with Crippen molar-refractivity contribution in [3.63, 3.8) is 0 Å². The van der Waals surface area contributed by atoms with Crippen LogP contribution in [0.15, 0.2) is 30.3 Å². The molecule has 0 bridgehead atoms. The molecule has 0 amide bonds. The van der Waals surface area contributed by atoms with Crippen LogP contribution in [0, 0.1) is 13.8 Å². The number of nitrogens with zero attached hydrogens (tertiary/aromatic N) is 5. The molecule has 0 aliphatic carbocycles. The van der Waals surface area contributed by atoms with Crippen LogP contribution in [-0.4, -0.2) is 44.3 Å². The number of aromatic nitrogens is 5. The molecule has 0 aliphatic heterocycles. The van der Waals surface area contributed by atoms with Crippen LogP contribution >= 0.6 is 11.6 Å². The van der Waals surface area contributed by atoms with Crippen LogP contribution in [0.1, 0.15) is 34.7 Å². The Morgan fingerprint density at radius 2 is 2.04 bits per heavy atom. The summed E-state index contributed by atoms with van der Waals surface area (Å²) in [6, 6.07) is 9.31. The zero-order valence-corrected chi connectivity index (χ0v) is 16.6. The Morgan fingerprint density at radius 1 is 1.30 bits per heavy atom. The number of ether oxygens (including phenoxy) is 1. The summed E-state index contributed by atoms with van der Waals surface area (Å²) < 4.78 is 7.35. The molecule has 0 saturated carbocycles. The summed E-state index contributed by atoms with van der Waals surface area (Å²) in [5.41, 5.74) is 3.27. The largest absolute Gasteiger partial charge is 0.383 e. The molecule has 3 aromatic rings. The zero-order valence-electron chi connectivity index (χ0n) is 15.8. The van der Waals surface area contributed by atoms with Gasteiger partial charge in [0.05, 0.1) is 17.7 Å². The Balaban J connectivity index is 1.81. The predicted octanol–water partition coefficient (Wildman–Crippen LogP) is 3.50. The molecule has 1 aromatic carbocycles. The van der Waals surface area contributed by atoms with Crippen LogP contribution in [0.4, 0.5) is 0 Å². The van der Waals surface area contributed by atoms with Gasteiger partial charge in [0, 0.05) is 29.6 Å². The van der Waals surface area contributed by atoms with E-state index in [1.54, 1.807) is 13.2 Å². The van der Waals surface area contributed by atoms with Gasteiger partial charge in [0.1, 0.15) is 6.54 Å². The van der Waals surface area contributed by atoms with Crippen molar-refractivity contribution < 1.29 is 9.53 Å². The molecule has 0 saturated heterocycles. The van der Waals surface area contributed by atoms with Crippen molar-refractivity contribution in [3.05, 3.63) is 52.3 Å². The van der Waals surface area contributed by atoms with Gasteiger partial charge in [-0.3, -0.25) is 4.79 Å². The van der Waals surface area contributed by atoms with Crippen LogP contribution in [0.2, 0.25) is 5.02 Å². The van der Waals surface area contributed by atoms with Gasteiger partial charge in [-0.1, -0.05) is 23.7 Å². The third-order valence-electron chi connectivity index (χ3n) is 4.49. The molecule has 0 fully saturated rings. The van der Waals surface area contributed by atoms with Gasteiger partial charge < -0.3 is 9.30 Å². The quantitative estimate of drug-likeness (QED) is 0.580. The molecule has 7 nitrogen and oxygen atoms in total. The van der Waals surface area contributed by atoms with Crippen LogP contribution < -0.4 is 0 Å². The molecular formula is C19H22ClN5O2. The molecule has 2 heterocycles. The van der Waals surface area contributed by atoms with Crippen molar-refractivity contribution in [1.29, 1.82) is 0 Å². The van der Waals surface area contributed by atoms with E-state index >= 15 is 0 Å². The molecule has 8 heteroatoms. The van der Waals surface area contributed by atoms with Crippen molar-refractivity contribution in [2.75, 3.05) is 13.7 Å². The summed E-state index contributed by atoms with van der Waals surface area (Å²) >= 11 is 6.17. The number of carbonyl (C=O) groups is 1. The van der Waals surface area contributed by atoms with Gasteiger partial charge in [-0.2, -0.15) is 4.80 Å². The van der Waals surface area contributed by atoms with Gasteiger partial charge >= 0.3 is 0 Å². The van der Waals surface area contributed by atoms with E-state index in [-0.39, 0.29) is 18.4 Å². The summed E-state index contributed by atoms with van der Waals surface area (Å²) in [6.07, 6.45) is 0. The lowest BCUT2D eigenvalue weighted by atomic mass is 10.1. The molecule has 1 atom stereocenters. The van der Waals surface area contributed by atoms with E-state index in [0.29, 0.717) is 28.6 Å². The number of Topliss-reactive ketones (excluding diaryl/α,β-unsaturated/α-hetero) is 1. The molecule has 0 unspecified atom stereocenters. The maximum Gasteiger partial charge on any atom is 0.206 e. The fourth-order valence-corrected chi connectivity index (χ4v) is 3.55. The lowest BCUT2D eigenvalue weighted by molar-refractivity contribution is 0.0960. The zero-order chi connectivity index (χ0) is 19.6. The van der Waals surface area contributed by atoms with Crippen LogP contribution in [0.25, 0.3) is 11.4 Å². The second-order valence-electron chi connectivity index (χ2n) is 6.51. The minimum absolute atomic E-state index is 0.0143. The highest BCUT2D eigenvalue weighted by Gasteiger charge is 2.20. The second-order valence-corrected chi connectivity index (χ2v) is 6.91. The summed E-state index contributed by atoms with van der Waals surface area (Å²) in [5.74, 6) is 0.328. The van der Waals surface area contributed by atoms with E-state index in [9.17, 15) is 4.79 Å². The standard InChI is InChI=1S/C19H22ClN5O2/c1-12-9-16(14(3)25(12)13(2)11-27-4)18(26)10-24-22-19(21-23-24)15-7-5-6-8-17(15)20/h5-9,13H,10-11H2,1-4H3/t13-/m1/s1. The van der Waals surface area contributed by atoms with Crippen molar-refractivity contribution in [3.8, 4) is 11.4 Å². The molecule has 0 N–H and O–H groups in total. The van der Waals surface area contributed by atoms with E-state index in [4.69, 9.17) is 16.3 Å². The van der Waals surface area contributed by atoms with E-state index in [1.807, 2.05) is 38.1 Å². The Bertz CT molecular complexity index is 963.